The van der Waals surface area contributed by atoms with E-state index >= 15 is 0 Å². The van der Waals surface area contributed by atoms with Crippen LogP contribution >= 0.6 is 23.1 Å². The first-order valence-electron chi connectivity index (χ1n) is 11.9. The molecule has 2 fully saturated rings. The fraction of sp³-hybridized carbons (Fsp3) is 0.375. The number of aryl methyl sites for hydroxylation is 1. The summed E-state index contributed by atoms with van der Waals surface area (Å²) in [5.41, 5.74) is 9.58. The van der Waals surface area contributed by atoms with Crippen LogP contribution < -0.4 is 11.1 Å². The van der Waals surface area contributed by atoms with Gasteiger partial charge in [0.25, 0.3) is 5.89 Å². The molecule has 4 N–H and O–H groups in total. The minimum Gasteiger partial charge on any atom is -0.419 e. The average Bonchev–Trinajstić information content (AvgIpc) is 3.66. The van der Waals surface area contributed by atoms with Crippen LogP contribution in [0.3, 0.4) is 0 Å². The van der Waals surface area contributed by atoms with Gasteiger partial charge in [-0.3, -0.25) is 0 Å². The van der Waals surface area contributed by atoms with Crippen molar-refractivity contribution in [1.29, 1.82) is 0 Å². The summed E-state index contributed by atoms with van der Waals surface area (Å²) in [6.07, 6.45) is 4.90. The van der Waals surface area contributed by atoms with Crippen molar-refractivity contribution in [2.75, 3.05) is 12.4 Å². The van der Waals surface area contributed by atoms with Gasteiger partial charge in [0.05, 0.1) is 27.3 Å². The molecule has 4 aromatic heterocycles. The van der Waals surface area contributed by atoms with Crippen LogP contribution in [0.2, 0.25) is 0 Å². The molecule has 1 aromatic carbocycles. The Balaban J connectivity index is 1.35. The lowest BCUT2D eigenvalue weighted by atomic mass is 9.83. The van der Waals surface area contributed by atoms with Crippen LogP contribution in [0.4, 0.5) is 10.1 Å². The third kappa shape index (κ3) is 3.50. The number of nitrogens with two attached hydrogens (primary N) is 1. The van der Waals surface area contributed by atoms with Gasteiger partial charge in [0, 0.05) is 36.7 Å². The highest BCUT2D eigenvalue weighted by Crippen LogP contribution is 2.54. The first-order chi connectivity index (χ1) is 17.5. The van der Waals surface area contributed by atoms with E-state index in [0.29, 0.717) is 45.1 Å². The van der Waals surface area contributed by atoms with Crippen LogP contribution in [0, 0.1) is 24.6 Å². The Morgan fingerprint density at radius 3 is 2.81 bits per heavy atom. The minimum atomic E-state index is -0.291. The van der Waals surface area contributed by atoms with Gasteiger partial charge >= 0.3 is 0 Å². The molecule has 1 unspecified atom stereocenters. The zero-order chi connectivity index (χ0) is 24.6. The van der Waals surface area contributed by atoms with E-state index in [4.69, 9.17) is 20.1 Å². The normalized spacial score (nSPS) is 23.3. The number of nitrogens with zero attached hydrogens (tertiary/aromatic N) is 5. The quantitative estimate of drug-likeness (QED) is 0.270. The third-order valence-corrected chi connectivity index (χ3v) is 9.40. The molecule has 5 aromatic rings. The van der Waals surface area contributed by atoms with Gasteiger partial charge in [0.15, 0.2) is 10.2 Å². The molecule has 184 valence electrons. The SMILES string of the molecule is CNc1cc(F)cc2c1[nH]c1nc(Sc3cnc(-c4nnc(C)o4)s3)nc(C3C[C@H]4C[C@@H]3C[C@H]4N)c12. The smallest absolute Gasteiger partial charge is 0.276 e. The number of H-pyrrole nitrogens is 1. The van der Waals surface area contributed by atoms with E-state index in [1.165, 1.54) is 29.2 Å². The van der Waals surface area contributed by atoms with Crippen LogP contribution in [0.5, 0.6) is 0 Å². The fourth-order valence-corrected chi connectivity index (χ4v) is 7.68. The van der Waals surface area contributed by atoms with Crippen LogP contribution in [-0.4, -0.2) is 43.2 Å². The largest absolute Gasteiger partial charge is 0.419 e. The van der Waals surface area contributed by atoms with Gasteiger partial charge in [-0.05, 0) is 55.0 Å². The second-order valence-corrected chi connectivity index (χ2v) is 11.9. The molecule has 0 spiro atoms. The highest BCUT2D eigenvalue weighted by atomic mass is 32.2. The highest BCUT2D eigenvalue weighted by Gasteiger charge is 2.46. The molecule has 0 saturated heterocycles. The van der Waals surface area contributed by atoms with E-state index in [1.807, 2.05) is 0 Å². The van der Waals surface area contributed by atoms with Crippen molar-refractivity contribution in [1.82, 2.24) is 30.1 Å². The van der Waals surface area contributed by atoms with Crippen molar-refractivity contribution in [2.24, 2.45) is 17.6 Å². The van der Waals surface area contributed by atoms with Crippen molar-refractivity contribution in [2.45, 2.75) is 47.5 Å². The first kappa shape index (κ1) is 22.1. The zero-order valence-electron chi connectivity index (χ0n) is 19.6. The molecule has 4 heterocycles. The molecule has 9 nitrogen and oxygen atoms in total. The maximum absolute atomic E-state index is 14.6. The monoisotopic (exact) mass is 522 g/mol. The summed E-state index contributed by atoms with van der Waals surface area (Å²) >= 11 is 2.90. The molecule has 4 atom stereocenters. The average molecular weight is 523 g/mol. The minimum absolute atomic E-state index is 0.262. The van der Waals surface area contributed by atoms with E-state index in [9.17, 15) is 4.39 Å². The number of rotatable bonds is 5. The number of fused-ring (bicyclic) bond motifs is 5. The molecule has 36 heavy (non-hydrogen) atoms. The van der Waals surface area contributed by atoms with Gasteiger partial charge in [-0.15, -0.1) is 21.5 Å². The molecular weight excluding hydrogens is 499 g/mol. The zero-order valence-corrected chi connectivity index (χ0v) is 21.2. The topological polar surface area (TPSA) is 131 Å². The van der Waals surface area contributed by atoms with Gasteiger partial charge < -0.3 is 20.5 Å². The van der Waals surface area contributed by atoms with Gasteiger partial charge in [0.2, 0.25) is 5.89 Å². The summed E-state index contributed by atoms with van der Waals surface area (Å²) in [6.45, 7) is 1.75. The fourth-order valence-electron chi connectivity index (χ4n) is 5.91. The Kier molecular flexibility index (Phi) is 5.05. The molecule has 2 saturated carbocycles. The van der Waals surface area contributed by atoms with E-state index in [-0.39, 0.29) is 17.8 Å². The van der Waals surface area contributed by atoms with Crippen molar-refractivity contribution in [3.63, 3.8) is 0 Å². The maximum Gasteiger partial charge on any atom is 0.276 e. The van der Waals surface area contributed by atoms with E-state index in [1.54, 1.807) is 26.2 Å². The molecular formula is C24H23FN8OS2. The summed E-state index contributed by atoms with van der Waals surface area (Å²) in [5.74, 6) is 1.88. The lowest BCUT2D eigenvalue weighted by Crippen LogP contribution is -2.29. The highest BCUT2D eigenvalue weighted by molar-refractivity contribution is 8.01. The van der Waals surface area contributed by atoms with Crippen LogP contribution in [0.25, 0.3) is 32.8 Å². The molecule has 7 rings (SSSR count). The molecule has 2 aliphatic carbocycles. The molecule has 2 aliphatic rings. The standard InChI is InChI=1S/C24H23FN8OS2/c1-9-32-33-22(34-9)23-28-8-17(35-23)36-24-30-20(13-4-11-3-10(13)5-15(11)26)18-14-6-12(25)7-16(27-2)19(14)29-21(18)31-24/h6-8,10-11,13,15,27H,3-5,26H2,1-2H3,(H,29,30,31)/t10-,11-,13?,15-/m1/s1. The lowest BCUT2D eigenvalue weighted by Gasteiger charge is -2.25. The third-order valence-electron chi connectivity index (χ3n) is 7.45. The summed E-state index contributed by atoms with van der Waals surface area (Å²) in [7, 11) is 1.79. The molecule has 0 aliphatic heterocycles. The van der Waals surface area contributed by atoms with E-state index in [2.05, 4.69) is 25.5 Å². The van der Waals surface area contributed by atoms with Gasteiger partial charge in [-0.2, -0.15) is 0 Å². The van der Waals surface area contributed by atoms with Crippen LogP contribution in [-0.2, 0) is 0 Å². The van der Waals surface area contributed by atoms with Crippen LogP contribution in [0.15, 0.2) is 32.1 Å². The molecule has 0 amide bonds. The number of anilines is 1. The number of thiazole rings is 1. The van der Waals surface area contributed by atoms with Gasteiger partial charge in [-0.1, -0.05) is 0 Å². The Bertz CT molecular complexity index is 1630. The number of hydrogen-bond acceptors (Lipinski definition) is 10. The number of nitrogens with one attached hydrogen (secondary N) is 2. The summed E-state index contributed by atoms with van der Waals surface area (Å²) in [5, 5.41) is 14.0. The van der Waals surface area contributed by atoms with E-state index in [0.717, 1.165) is 45.5 Å². The Morgan fingerprint density at radius 1 is 1.19 bits per heavy atom. The number of halogens is 1. The second kappa shape index (κ2) is 8.22. The van der Waals surface area contributed by atoms with Crippen molar-refractivity contribution in [3.05, 3.63) is 35.7 Å². The Morgan fingerprint density at radius 2 is 2.08 bits per heavy atom. The Labute approximate surface area is 213 Å². The first-order valence-corrected chi connectivity index (χ1v) is 13.5. The van der Waals surface area contributed by atoms with Crippen molar-refractivity contribution in [3.8, 4) is 10.9 Å². The number of benzene rings is 1. The van der Waals surface area contributed by atoms with Crippen molar-refractivity contribution >= 4 is 50.7 Å². The van der Waals surface area contributed by atoms with Gasteiger partial charge in [0.1, 0.15) is 11.5 Å². The predicted octanol–water partition coefficient (Wildman–Crippen LogP) is 5.10. The second-order valence-electron chi connectivity index (χ2n) is 9.58. The molecule has 12 heteroatoms. The Hall–Kier alpha value is -3.09. The molecule has 2 bridgehead atoms. The predicted molar refractivity (Wildman–Crippen MR) is 137 cm³/mol. The van der Waals surface area contributed by atoms with Gasteiger partial charge in [-0.25, -0.2) is 19.3 Å². The maximum atomic E-state index is 14.6. The summed E-state index contributed by atoms with van der Waals surface area (Å²) in [4.78, 5) is 17.8. The van der Waals surface area contributed by atoms with E-state index < -0.39 is 0 Å². The van der Waals surface area contributed by atoms with Crippen molar-refractivity contribution < 1.29 is 8.81 Å². The lowest BCUT2D eigenvalue weighted by molar-refractivity contribution is 0.371. The van der Waals surface area contributed by atoms with Crippen LogP contribution in [0.1, 0.15) is 36.8 Å². The number of hydrogen-bond donors (Lipinski definition) is 3. The molecule has 0 radical (unpaired) electrons. The summed E-state index contributed by atoms with van der Waals surface area (Å²) < 4.78 is 21.0. The summed E-state index contributed by atoms with van der Waals surface area (Å²) in [6, 6.07) is 3.34. The number of aromatic nitrogens is 6. The number of aromatic amines is 1.